The van der Waals surface area contributed by atoms with Crippen LogP contribution in [0.2, 0.25) is 15.4 Å². The number of rotatable bonds is 0. The summed E-state index contributed by atoms with van der Waals surface area (Å²) in [6, 6.07) is 0. The first-order chi connectivity index (χ1) is 2.00. The van der Waals surface area contributed by atoms with Crippen molar-refractivity contribution in [1.82, 2.24) is 6.15 Å². The first-order valence-corrected chi connectivity index (χ1v) is 8.85. The van der Waals surface area contributed by atoms with Crippen LogP contribution in [-0.2, 0) is 15.0 Å². The first-order valence-electron chi connectivity index (χ1n) is 1.02. The van der Waals surface area contributed by atoms with Gasteiger partial charge in [0.05, 0.1) is 0 Å². The molecule has 0 saturated heterocycles. The molecule has 0 aliphatic carbocycles. The standard InChI is InChI=1S/3CH3.Ag.BrH.H3N/h3*1H3;;1H;1H3/q;;;+1;;/p-1. The summed E-state index contributed by atoms with van der Waals surface area (Å²) < 4.78 is 0. The molecule has 0 unspecified atom stereocenters. The topological polar surface area (TPSA) is 35.0 Å². The third kappa shape index (κ3) is 65.0. The van der Waals surface area contributed by atoms with E-state index >= 15 is 0 Å². The molecule has 0 aromatic carbocycles. The predicted molar refractivity (Wildman–Crippen MR) is 31.5 cm³/mol. The summed E-state index contributed by atoms with van der Waals surface area (Å²) in [6.45, 7) is 0. The Bertz CT molecular complexity index is 26.3. The summed E-state index contributed by atoms with van der Waals surface area (Å²) in [4.78, 5) is 0. The molecule has 0 bridgehead atoms. The average molecular weight is 250 g/mol. The van der Waals surface area contributed by atoms with Crippen LogP contribution < -0.4 is 6.15 Å². The van der Waals surface area contributed by atoms with Crippen LogP contribution >= 0.6 is 13.0 Å². The van der Waals surface area contributed by atoms with E-state index in [1.165, 1.54) is 0 Å². The molecule has 0 aliphatic heterocycles. The van der Waals surface area contributed by atoms with Crippen molar-refractivity contribution in [2.45, 2.75) is 15.4 Å². The van der Waals surface area contributed by atoms with Crippen molar-refractivity contribution in [2.24, 2.45) is 0 Å². The molecule has 0 fully saturated rings. The summed E-state index contributed by atoms with van der Waals surface area (Å²) in [5.74, 6) is 0. The summed E-state index contributed by atoms with van der Waals surface area (Å²) in [6.07, 6.45) is 0. The fourth-order valence-electron chi connectivity index (χ4n) is 0. The van der Waals surface area contributed by atoms with Gasteiger partial charge in [-0.25, -0.2) is 0 Å². The van der Waals surface area contributed by atoms with E-state index in [4.69, 9.17) is 0 Å². The molecule has 0 radical (unpaired) electrons. The zero-order chi connectivity index (χ0) is 4.50. The Morgan fingerprint density at radius 1 is 1.17 bits per heavy atom. The van der Waals surface area contributed by atoms with Crippen molar-refractivity contribution in [3.05, 3.63) is 0 Å². The second-order valence-electron chi connectivity index (χ2n) is 1.25. The van der Waals surface area contributed by atoms with Gasteiger partial charge in [-0.15, -0.1) is 0 Å². The van der Waals surface area contributed by atoms with Gasteiger partial charge in [-0.05, 0) is 0 Å². The van der Waals surface area contributed by atoms with Crippen LogP contribution in [0.3, 0.4) is 0 Å². The molecule has 0 aromatic rings. The SMILES string of the molecule is N.[CH3][Ag]([CH3])([CH3])[Br]. The summed E-state index contributed by atoms with van der Waals surface area (Å²) >= 11 is 2.71. The zero-order valence-electron chi connectivity index (χ0n) is 4.39. The van der Waals surface area contributed by atoms with Gasteiger partial charge >= 0.3 is 43.4 Å². The molecule has 0 atom stereocenters. The third-order valence-corrected chi connectivity index (χ3v) is 0. The van der Waals surface area contributed by atoms with E-state index in [1.807, 2.05) is 0 Å². The molecule has 3 heteroatoms. The van der Waals surface area contributed by atoms with E-state index in [2.05, 4.69) is 28.4 Å². The fourth-order valence-corrected chi connectivity index (χ4v) is 0. The second kappa shape index (κ2) is 3.22. The van der Waals surface area contributed by atoms with Gasteiger partial charge < -0.3 is 6.15 Å². The summed E-state index contributed by atoms with van der Waals surface area (Å²) in [7, 11) is 0. The Balaban J connectivity index is 0. The van der Waals surface area contributed by atoms with Gasteiger partial charge in [0.15, 0.2) is 0 Å². The maximum atomic E-state index is 3.52. The Morgan fingerprint density at radius 2 is 1.17 bits per heavy atom. The molecule has 0 heterocycles. The Labute approximate surface area is 49.6 Å². The molecular weight excluding hydrogens is 238 g/mol. The Morgan fingerprint density at radius 3 is 1.17 bits per heavy atom. The second-order valence-corrected chi connectivity index (χ2v) is 15.9. The zero-order valence-corrected chi connectivity index (χ0v) is 7.45. The van der Waals surface area contributed by atoms with E-state index in [0.29, 0.717) is 0 Å². The fraction of sp³-hybridized carbons (Fsp3) is 1.00. The molecule has 3 N–H and O–H groups in total. The van der Waals surface area contributed by atoms with Crippen molar-refractivity contribution in [3.8, 4) is 0 Å². The number of hydrogen-bond donors (Lipinski definition) is 1. The summed E-state index contributed by atoms with van der Waals surface area (Å²) in [5, 5.41) is 6.73. The maximum absolute atomic E-state index is 3.52. The Kier molecular flexibility index (Phi) is 5.48. The van der Waals surface area contributed by atoms with Gasteiger partial charge in [0.1, 0.15) is 0 Å². The minimum atomic E-state index is -0.808. The van der Waals surface area contributed by atoms with Gasteiger partial charge in [-0.1, -0.05) is 0 Å². The molecule has 47 valence electrons. The van der Waals surface area contributed by atoms with Crippen LogP contribution in [0.4, 0.5) is 0 Å². The minimum absolute atomic E-state index is 0. The molecule has 0 amide bonds. The predicted octanol–water partition coefficient (Wildman–Crippen LogP) is 2.76. The molecule has 1 nitrogen and oxygen atoms in total. The molecule has 6 heavy (non-hydrogen) atoms. The van der Waals surface area contributed by atoms with Crippen molar-refractivity contribution < 1.29 is 15.0 Å². The van der Waals surface area contributed by atoms with Gasteiger partial charge in [0.25, 0.3) is 0 Å². The molecular formula is C3H12AgBrN. The van der Waals surface area contributed by atoms with Crippen LogP contribution in [-0.4, -0.2) is 0 Å². The molecule has 0 saturated carbocycles. The number of halogens is 1. The van der Waals surface area contributed by atoms with Crippen molar-refractivity contribution in [2.75, 3.05) is 0 Å². The monoisotopic (exact) mass is 248 g/mol. The normalized spacial score (nSPS) is 12.7. The van der Waals surface area contributed by atoms with E-state index in [0.717, 1.165) is 0 Å². The number of hydrogen-bond acceptors (Lipinski definition) is 1. The molecule has 0 rings (SSSR count). The van der Waals surface area contributed by atoms with Crippen LogP contribution in [0.5, 0.6) is 0 Å². The van der Waals surface area contributed by atoms with E-state index in [9.17, 15) is 0 Å². The van der Waals surface area contributed by atoms with Gasteiger partial charge in [0.2, 0.25) is 0 Å². The van der Waals surface area contributed by atoms with E-state index < -0.39 is 15.0 Å². The quantitative estimate of drug-likeness (QED) is 0.659. The third-order valence-electron chi connectivity index (χ3n) is 0. The van der Waals surface area contributed by atoms with E-state index in [-0.39, 0.29) is 6.15 Å². The Hall–Kier alpha value is 1.18. The van der Waals surface area contributed by atoms with Gasteiger partial charge in [-0.2, -0.15) is 0 Å². The molecule has 0 spiro atoms. The van der Waals surface area contributed by atoms with E-state index in [1.54, 1.807) is 0 Å². The molecule has 0 aliphatic rings. The van der Waals surface area contributed by atoms with Gasteiger partial charge in [-0.3, -0.25) is 0 Å². The van der Waals surface area contributed by atoms with Crippen LogP contribution in [0.1, 0.15) is 0 Å². The van der Waals surface area contributed by atoms with Crippen molar-refractivity contribution >= 4 is 13.0 Å². The van der Waals surface area contributed by atoms with Crippen molar-refractivity contribution in [3.63, 3.8) is 0 Å². The van der Waals surface area contributed by atoms with Gasteiger partial charge in [0, 0.05) is 0 Å². The van der Waals surface area contributed by atoms with Crippen LogP contribution in [0, 0.1) is 0 Å². The van der Waals surface area contributed by atoms with Crippen LogP contribution in [0.15, 0.2) is 0 Å². The average Bonchev–Trinajstić information content (AvgIpc) is 0.722. The van der Waals surface area contributed by atoms with Crippen LogP contribution in [0.25, 0.3) is 0 Å². The summed E-state index contributed by atoms with van der Waals surface area (Å²) in [5.41, 5.74) is 0. The van der Waals surface area contributed by atoms with Crippen molar-refractivity contribution in [1.29, 1.82) is 0 Å². The molecule has 0 aromatic heterocycles. The first kappa shape index (κ1) is 10.2.